The number of amides is 2. The summed E-state index contributed by atoms with van der Waals surface area (Å²) < 4.78 is 0. The SMILES string of the molecule is CCC(CO)(CO)NC(=O)NC1CCCCC1. The van der Waals surface area contributed by atoms with Crippen LogP contribution in [0.15, 0.2) is 0 Å². The number of urea groups is 1. The molecule has 5 nitrogen and oxygen atoms in total. The molecule has 4 N–H and O–H groups in total. The molecule has 0 saturated heterocycles. The molecule has 0 aromatic rings. The second-order valence-corrected chi connectivity index (χ2v) is 4.88. The Balaban J connectivity index is 2.41. The summed E-state index contributed by atoms with van der Waals surface area (Å²) in [5, 5.41) is 24.0. The summed E-state index contributed by atoms with van der Waals surface area (Å²) in [5.74, 6) is 0. The van der Waals surface area contributed by atoms with Gasteiger partial charge in [-0.2, -0.15) is 0 Å². The number of aliphatic hydroxyl groups is 2. The molecule has 1 aliphatic carbocycles. The molecule has 0 spiro atoms. The molecular formula is C12H24N2O3. The Morgan fingerprint density at radius 2 is 1.82 bits per heavy atom. The van der Waals surface area contributed by atoms with E-state index in [1.165, 1.54) is 6.42 Å². The van der Waals surface area contributed by atoms with Gasteiger partial charge in [-0.1, -0.05) is 26.2 Å². The van der Waals surface area contributed by atoms with Crippen LogP contribution in [0.2, 0.25) is 0 Å². The van der Waals surface area contributed by atoms with Crippen LogP contribution in [-0.2, 0) is 0 Å². The van der Waals surface area contributed by atoms with Gasteiger partial charge in [-0.05, 0) is 19.3 Å². The fraction of sp³-hybridized carbons (Fsp3) is 0.917. The zero-order valence-corrected chi connectivity index (χ0v) is 10.5. The van der Waals surface area contributed by atoms with Gasteiger partial charge in [0, 0.05) is 6.04 Å². The summed E-state index contributed by atoms with van der Waals surface area (Å²) in [5.41, 5.74) is -0.904. The predicted molar refractivity (Wildman–Crippen MR) is 65.7 cm³/mol. The maximum absolute atomic E-state index is 11.8. The maximum atomic E-state index is 11.8. The summed E-state index contributed by atoms with van der Waals surface area (Å²) in [4.78, 5) is 11.8. The molecule has 1 fully saturated rings. The highest BCUT2D eigenvalue weighted by Gasteiger charge is 2.29. The molecule has 17 heavy (non-hydrogen) atoms. The Hall–Kier alpha value is -0.810. The van der Waals surface area contributed by atoms with Crippen molar-refractivity contribution in [1.82, 2.24) is 10.6 Å². The van der Waals surface area contributed by atoms with Crippen molar-refractivity contribution < 1.29 is 15.0 Å². The van der Waals surface area contributed by atoms with Gasteiger partial charge in [0.05, 0.1) is 18.8 Å². The molecule has 100 valence electrons. The second-order valence-electron chi connectivity index (χ2n) is 4.88. The van der Waals surface area contributed by atoms with Gasteiger partial charge in [-0.15, -0.1) is 0 Å². The molecule has 1 saturated carbocycles. The fourth-order valence-electron chi connectivity index (χ4n) is 2.15. The number of nitrogens with one attached hydrogen (secondary N) is 2. The molecule has 0 heterocycles. The Bertz CT molecular complexity index is 228. The van der Waals surface area contributed by atoms with E-state index < -0.39 is 5.54 Å². The van der Waals surface area contributed by atoms with Crippen LogP contribution in [0.1, 0.15) is 45.4 Å². The van der Waals surface area contributed by atoms with E-state index in [2.05, 4.69) is 10.6 Å². The van der Waals surface area contributed by atoms with Crippen LogP contribution < -0.4 is 10.6 Å². The minimum Gasteiger partial charge on any atom is -0.394 e. The number of hydrogen-bond acceptors (Lipinski definition) is 3. The van der Waals surface area contributed by atoms with E-state index in [9.17, 15) is 15.0 Å². The van der Waals surface area contributed by atoms with Crippen LogP contribution in [0.5, 0.6) is 0 Å². The fourth-order valence-corrected chi connectivity index (χ4v) is 2.15. The van der Waals surface area contributed by atoms with Gasteiger partial charge in [-0.3, -0.25) is 0 Å². The molecule has 2 amide bonds. The average molecular weight is 244 g/mol. The van der Waals surface area contributed by atoms with E-state index in [1.54, 1.807) is 0 Å². The van der Waals surface area contributed by atoms with Crippen LogP contribution in [0.4, 0.5) is 4.79 Å². The molecule has 0 aromatic heterocycles. The van der Waals surface area contributed by atoms with E-state index in [-0.39, 0.29) is 25.3 Å². The van der Waals surface area contributed by atoms with Crippen molar-refractivity contribution in [2.75, 3.05) is 13.2 Å². The molecule has 0 aliphatic heterocycles. The summed E-state index contributed by atoms with van der Waals surface area (Å²) >= 11 is 0. The lowest BCUT2D eigenvalue weighted by molar-refractivity contribution is 0.0927. The average Bonchev–Trinajstić information content (AvgIpc) is 2.37. The van der Waals surface area contributed by atoms with Crippen LogP contribution >= 0.6 is 0 Å². The normalized spacial score (nSPS) is 17.8. The Morgan fingerprint density at radius 3 is 2.29 bits per heavy atom. The first-order valence-corrected chi connectivity index (χ1v) is 6.46. The van der Waals surface area contributed by atoms with Crippen molar-refractivity contribution in [3.63, 3.8) is 0 Å². The molecule has 0 atom stereocenters. The van der Waals surface area contributed by atoms with E-state index in [1.807, 2.05) is 6.92 Å². The summed E-state index contributed by atoms with van der Waals surface area (Å²) in [6, 6.07) is -0.0578. The van der Waals surface area contributed by atoms with E-state index >= 15 is 0 Å². The van der Waals surface area contributed by atoms with Crippen molar-refractivity contribution >= 4 is 6.03 Å². The molecule has 0 bridgehead atoms. The Morgan fingerprint density at radius 1 is 1.24 bits per heavy atom. The number of aliphatic hydroxyl groups excluding tert-OH is 2. The van der Waals surface area contributed by atoms with Crippen molar-refractivity contribution in [1.29, 1.82) is 0 Å². The van der Waals surface area contributed by atoms with Gasteiger partial charge in [0.2, 0.25) is 0 Å². The molecule has 1 rings (SSSR count). The van der Waals surface area contributed by atoms with E-state index in [4.69, 9.17) is 0 Å². The molecule has 5 heteroatoms. The largest absolute Gasteiger partial charge is 0.394 e. The second kappa shape index (κ2) is 6.81. The van der Waals surface area contributed by atoms with Gasteiger partial charge in [0.15, 0.2) is 0 Å². The summed E-state index contributed by atoms with van der Waals surface area (Å²) in [6.07, 6.45) is 6.09. The summed E-state index contributed by atoms with van der Waals surface area (Å²) in [7, 11) is 0. The highest BCUT2D eigenvalue weighted by molar-refractivity contribution is 5.75. The lowest BCUT2D eigenvalue weighted by atomic mass is 9.95. The maximum Gasteiger partial charge on any atom is 0.315 e. The molecule has 1 aliphatic rings. The predicted octanol–water partition coefficient (Wildman–Crippen LogP) is 0.752. The van der Waals surface area contributed by atoms with Crippen LogP contribution in [0.25, 0.3) is 0 Å². The lowest BCUT2D eigenvalue weighted by Crippen LogP contribution is -2.58. The zero-order chi connectivity index (χ0) is 12.7. The third-order valence-corrected chi connectivity index (χ3v) is 3.60. The van der Waals surface area contributed by atoms with Crippen molar-refractivity contribution in [3.05, 3.63) is 0 Å². The first-order valence-electron chi connectivity index (χ1n) is 6.46. The first-order chi connectivity index (χ1) is 8.15. The first kappa shape index (κ1) is 14.3. The van der Waals surface area contributed by atoms with E-state index in [0.29, 0.717) is 6.42 Å². The quantitative estimate of drug-likeness (QED) is 0.576. The number of carbonyl (C=O) groups is 1. The van der Waals surface area contributed by atoms with Crippen molar-refractivity contribution in [2.45, 2.75) is 57.0 Å². The molecular weight excluding hydrogens is 220 g/mol. The minimum atomic E-state index is -0.904. The Kier molecular flexibility index (Phi) is 5.71. The van der Waals surface area contributed by atoms with Gasteiger partial charge >= 0.3 is 6.03 Å². The van der Waals surface area contributed by atoms with E-state index in [0.717, 1.165) is 25.7 Å². The Labute approximate surface area is 103 Å². The topological polar surface area (TPSA) is 81.6 Å². The summed E-state index contributed by atoms with van der Waals surface area (Å²) in [6.45, 7) is 1.32. The number of rotatable bonds is 5. The third-order valence-electron chi connectivity index (χ3n) is 3.60. The van der Waals surface area contributed by atoms with Gasteiger partial charge in [0.25, 0.3) is 0 Å². The number of hydrogen-bond donors (Lipinski definition) is 4. The smallest absolute Gasteiger partial charge is 0.315 e. The standard InChI is InChI=1S/C12H24N2O3/c1-2-12(8-15,9-16)14-11(17)13-10-6-4-3-5-7-10/h10,15-16H,2-9H2,1H3,(H2,13,14,17). The lowest BCUT2D eigenvalue weighted by Gasteiger charge is -2.31. The molecule has 0 aromatic carbocycles. The highest BCUT2D eigenvalue weighted by Crippen LogP contribution is 2.17. The van der Waals surface area contributed by atoms with Gasteiger partial charge < -0.3 is 20.8 Å². The monoisotopic (exact) mass is 244 g/mol. The minimum absolute atomic E-state index is 0.232. The van der Waals surface area contributed by atoms with Crippen LogP contribution in [0.3, 0.4) is 0 Å². The van der Waals surface area contributed by atoms with Crippen LogP contribution in [-0.4, -0.2) is 41.0 Å². The highest BCUT2D eigenvalue weighted by atomic mass is 16.3. The van der Waals surface area contributed by atoms with Crippen molar-refractivity contribution in [3.8, 4) is 0 Å². The van der Waals surface area contributed by atoms with Crippen LogP contribution in [0, 0.1) is 0 Å². The molecule has 0 unspecified atom stereocenters. The van der Waals surface area contributed by atoms with Gasteiger partial charge in [-0.25, -0.2) is 4.79 Å². The van der Waals surface area contributed by atoms with Gasteiger partial charge in [0.1, 0.15) is 0 Å². The third kappa shape index (κ3) is 4.16. The number of carbonyl (C=O) groups excluding carboxylic acids is 1. The van der Waals surface area contributed by atoms with Crippen molar-refractivity contribution in [2.24, 2.45) is 0 Å². The molecule has 0 radical (unpaired) electrons. The zero-order valence-electron chi connectivity index (χ0n) is 10.5.